The van der Waals surface area contributed by atoms with Crippen LogP contribution in [0.25, 0.3) is 0 Å². The molecule has 0 radical (unpaired) electrons. The Bertz CT molecular complexity index is 308. The lowest BCUT2D eigenvalue weighted by Crippen LogP contribution is -2.42. The molecule has 1 heterocycles. The topological polar surface area (TPSA) is 42.4 Å². The second-order valence-corrected chi connectivity index (χ2v) is 4.16. The molecule has 2 N–H and O–H groups in total. The van der Waals surface area contributed by atoms with Gasteiger partial charge in [-0.2, -0.15) is 0 Å². The van der Waals surface area contributed by atoms with E-state index in [1.807, 2.05) is 19.1 Å². The monoisotopic (exact) mass is 194 g/mol. The molecule has 3 nitrogen and oxygen atoms in total. The maximum absolute atomic E-state index is 6.04. The van der Waals surface area contributed by atoms with Gasteiger partial charge in [0.2, 0.25) is 0 Å². The van der Waals surface area contributed by atoms with Crippen LogP contribution in [0.4, 0.5) is 5.88 Å². The minimum absolute atomic E-state index is 0.297. The molecule has 1 saturated carbocycles. The van der Waals surface area contributed by atoms with Gasteiger partial charge in [-0.3, -0.25) is 0 Å². The summed E-state index contributed by atoms with van der Waals surface area (Å²) in [5.74, 6) is 1.89. The first-order valence-electron chi connectivity index (χ1n) is 5.23. The molecule has 2 rings (SSSR count). The minimum atomic E-state index is 0.297. The molecule has 1 fully saturated rings. The Morgan fingerprint density at radius 3 is 2.71 bits per heavy atom. The predicted octanol–water partition coefficient (Wildman–Crippen LogP) is 1.90. The van der Waals surface area contributed by atoms with Gasteiger partial charge < -0.3 is 15.1 Å². The fourth-order valence-corrected chi connectivity index (χ4v) is 2.22. The van der Waals surface area contributed by atoms with Crippen molar-refractivity contribution in [3.8, 4) is 0 Å². The first-order valence-corrected chi connectivity index (χ1v) is 5.23. The highest BCUT2D eigenvalue weighted by Crippen LogP contribution is 2.27. The summed E-state index contributed by atoms with van der Waals surface area (Å²) >= 11 is 0. The first kappa shape index (κ1) is 9.59. The van der Waals surface area contributed by atoms with Crippen LogP contribution in [0.3, 0.4) is 0 Å². The molecule has 1 aromatic heterocycles. The molecule has 2 atom stereocenters. The number of anilines is 1. The highest BCUT2D eigenvalue weighted by molar-refractivity contribution is 5.37. The van der Waals surface area contributed by atoms with Crippen LogP contribution in [0.15, 0.2) is 16.5 Å². The second-order valence-electron chi connectivity index (χ2n) is 4.16. The van der Waals surface area contributed by atoms with E-state index in [-0.39, 0.29) is 0 Å². The summed E-state index contributed by atoms with van der Waals surface area (Å²) in [5, 5.41) is 0. The second kappa shape index (κ2) is 3.65. The van der Waals surface area contributed by atoms with Gasteiger partial charge in [-0.25, -0.2) is 0 Å². The lowest BCUT2D eigenvalue weighted by Gasteiger charge is -2.27. The number of furan rings is 1. The molecular formula is C11H18N2O. The summed E-state index contributed by atoms with van der Waals surface area (Å²) in [6.07, 6.45) is 3.54. The maximum Gasteiger partial charge on any atom is 0.195 e. The molecule has 0 amide bonds. The molecule has 1 aliphatic rings. The third-order valence-electron chi connectivity index (χ3n) is 3.10. The van der Waals surface area contributed by atoms with Gasteiger partial charge in [0.25, 0.3) is 0 Å². The quantitative estimate of drug-likeness (QED) is 0.782. The van der Waals surface area contributed by atoms with Gasteiger partial charge in [0.05, 0.1) is 0 Å². The van der Waals surface area contributed by atoms with E-state index in [1.165, 1.54) is 12.8 Å². The van der Waals surface area contributed by atoms with Crippen LogP contribution in [-0.2, 0) is 0 Å². The normalized spacial score (nSPS) is 26.8. The van der Waals surface area contributed by atoms with Gasteiger partial charge in [0.15, 0.2) is 5.88 Å². The zero-order valence-corrected chi connectivity index (χ0v) is 8.86. The van der Waals surface area contributed by atoms with Crippen molar-refractivity contribution in [1.29, 1.82) is 0 Å². The molecule has 0 aliphatic heterocycles. The van der Waals surface area contributed by atoms with Crippen molar-refractivity contribution in [2.24, 2.45) is 5.73 Å². The smallest absolute Gasteiger partial charge is 0.195 e. The third-order valence-corrected chi connectivity index (χ3v) is 3.10. The van der Waals surface area contributed by atoms with Crippen molar-refractivity contribution < 1.29 is 4.42 Å². The molecule has 0 spiro atoms. The van der Waals surface area contributed by atoms with Crippen molar-refractivity contribution in [1.82, 2.24) is 0 Å². The van der Waals surface area contributed by atoms with E-state index in [2.05, 4.69) is 11.9 Å². The van der Waals surface area contributed by atoms with E-state index in [0.29, 0.717) is 12.1 Å². The van der Waals surface area contributed by atoms with Gasteiger partial charge >= 0.3 is 0 Å². The van der Waals surface area contributed by atoms with Crippen molar-refractivity contribution >= 4 is 5.88 Å². The van der Waals surface area contributed by atoms with Gasteiger partial charge in [-0.15, -0.1) is 0 Å². The summed E-state index contributed by atoms with van der Waals surface area (Å²) in [7, 11) is 2.06. The Morgan fingerprint density at radius 1 is 1.43 bits per heavy atom. The SMILES string of the molecule is Cc1ccc(N(C)C2CCCC2N)o1. The highest BCUT2D eigenvalue weighted by atomic mass is 16.4. The molecule has 1 aliphatic carbocycles. The Hall–Kier alpha value is -0.960. The van der Waals surface area contributed by atoms with E-state index in [1.54, 1.807) is 0 Å². The summed E-state index contributed by atoms with van der Waals surface area (Å²) < 4.78 is 5.58. The predicted molar refractivity (Wildman–Crippen MR) is 57.5 cm³/mol. The average molecular weight is 194 g/mol. The molecule has 3 heteroatoms. The van der Waals surface area contributed by atoms with Crippen molar-refractivity contribution in [3.63, 3.8) is 0 Å². The van der Waals surface area contributed by atoms with Crippen molar-refractivity contribution in [2.45, 2.75) is 38.3 Å². The molecule has 2 unspecified atom stereocenters. The molecular weight excluding hydrogens is 176 g/mol. The maximum atomic E-state index is 6.04. The van der Waals surface area contributed by atoms with Crippen LogP contribution in [-0.4, -0.2) is 19.1 Å². The summed E-state index contributed by atoms with van der Waals surface area (Å²) in [4.78, 5) is 2.17. The number of nitrogens with two attached hydrogens (primary N) is 1. The number of hydrogen-bond acceptors (Lipinski definition) is 3. The fourth-order valence-electron chi connectivity index (χ4n) is 2.22. The van der Waals surface area contributed by atoms with E-state index >= 15 is 0 Å². The standard InChI is InChI=1S/C11H18N2O/c1-8-6-7-11(14-8)13(2)10-5-3-4-9(10)12/h6-7,9-10H,3-5,12H2,1-2H3. The Kier molecular flexibility index (Phi) is 2.50. The van der Waals surface area contributed by atoms with Crippen LogP contribution in [0.1, 0.15) is 25.0 Å². The summed E-state index contributed by atoms with van der Waals surface area (Å²) in [6.45, 7) is 1.96. The lowest BCUT2D eigenvalue weighted by atomic mass is 10.1. The molecule has 14 heavy (non-hydrogen) atoms. The van der Waals surface area contributed by atoms with Crippen LogP contribution in [0.2, 0.25) is 0 Å². The lowest BCUT2D eigenvalue weighted by molar-refractivity contribution is 0.484. The van der Waals surface area contributed by atoms with Crippen LogP contribution < -0.4 is 10.6 Å². The van der Waals surface area contributed by atoms with Gasteiger partial charge in [0.1, 0.15) is 5.76 Å². The fraction of sp³-hybridized carbons (Fsp3) is 0.636. The molecule has 0 bridgehead atoms. The average Bonchev–Trinajstić information content (AvgIpc) is 2.73. The van der Waals surface area contributed by atoms with Crippen molar-refractivity contribution in [2.75, 3.05) is 11.9 Å². The first-order chi connectivity index (χ1) is 6.68. The van der Waals surface area contributed by atoms with Gasteiger partial charge in [-0.1, -0.05) is 0 Å². The van der Waals surface area contributed by atoms with E-state index in [0.717, 1.165) is 18.1 Å². The minimum Gasteiger partial charge on any atom is -0.446 e. The van der Waals surface area contributed by atoms with E-state index in [4.69, 9.17) is 10.2 Å². The van der Waals surface area contributed by atoms with Crippen LogP contribution in [0, 0.1) is 6.92 Å². The Morgan fingerprint density at radius 2 is 2.21 bits per heavy atom. The van der Waals surface area contributed by atoms with E-state index < -0.39 is 0 Å². The summed E-state index contributed by atoms with van der Waals surface area (Å²) in [5.41, 5.74) is 6.04. The molecule has 78 valence electrons. The van der Waals surface area contributed by atoms with Crippen molar-refractivity contribution in [3.05, 3.63) is 17.9 Å². The number of nitrogens with zero attached hydrogens (tertiary/aromatic N) is 1. The largest absolute Gasteiger partial charge is 0.446 e. The van der Waals surface area contributed by atoms with E-state index in [9.17, 15) is 0 Å². The van der Waals surface area contributed by atoms with Gasteiger partial charge in [0, 0.05) is 25.2 Å². The Labute approximate surface area is 84.9 Å². The van der Waals surface area contributed by atoms with Crippen LogP contribution >= 0.6 is 0 Å². The molecule has 0 saturated heterocycles. The van der Waals surface area contributed by atoms with Gasteiger partial charge in [-0.05, 0) is 32.3 Å². The number of hydrogen-bond donors (Lipinski definition) is 1. The third kappa shape index (κ3) is 1.64. The summed E-state index contributed by atoms with van der Waals surface area (Å²) in [6, 6.07) is 4.75. The highest BCUT2D eigenvalue weighted by Gasteiger charge is 2.28. The number of rotatable bonds is 2. The zero-order chi connectivity index (χ0) is 10.1. The zero-order valence-electron chi connectivity index (χ0n) is 8.86. The number of aryl methyl sites for hydroxylation is 1. The van der Waals surface area contributed by atoms with Crippen LogP contribution in [0.5, 0.6) is 0 Å². The molecule has 1 aromatic rings. The Balaban J connectivity index is 2.11. The number of likely N-dealkylation sites (N-methyl/N-ethyl adjacent to an activating group) is 1. The molecule has 0 aromatic carbocycles.